The van der Waals surface area contributed by atoms with Gasteiger partial charge in [-0.05, 0) is 80.1 Å². The molecule has 0 aromatic heterocycles. The van der Waals surface area contributed by atoms with E-state index in [0.717, 1.165) is 25.7 Å². The fourth-order valence-corrected chi connectivity index (χ4v) is 6.39. The van der Waals surface area contributed by atoms with Gasteiger partial charge < -0.3 is 34.9 Å². The van der Waals surface area contributed by atoms with Crippen molar-refractivity contribution in [1.29, 1.82) is 0 Å². The summed E-state index contributed by atoms with van der Waals surface area (Å²) in [5.74, 6) is -12.4. The topological polar surface area (TPSA) is 264 Å². The fraction of sp³-hybridized carbons (Fsp3) is 0.750. The number of amides is 5. The van der Waals surface area contributed by atoms with Crippen molar-refractivity contribution < 1.29 is 71.7 Å². The second-order valence-electron chi connectivity index (χ2n) is 14.8. The van der Waals surface area contributed by atoms with Crippen molar-refractivity contribution in [3.63, 3.8) is 0 Å². The third-order valence-electron chi connectivity index (χ3n) is 9.63. The van der Waals surface area contributed by atoms with Crippen LogP contribution < -0.4 is 16.0 Å². The van der Waals surface area contributed by atoms with Crippen LogP contribution in [0.15, 0.2) is 0 Å². The molecular formula is C44H72N4O15. The van der Waals surface area contributed by atoms with Gasteiger partial charge in [0, 0.05) is 39.0 Å². The number of carbonyl (C=O) groups excluding carboxylic acids is 11. The maximum absolute atomic E-state index is 13.3. The number of hydrogen-bond donors (Lipinski definition) is 3. The monoisotopic (exact) mass is 896 g/mol. The number of rotatable bonds is 36. The molecule has 0 fully saturated rings. The molecule has 0 spiro atoms. The van der Waals surface area contributed by atoms with Crippen molar-refractivity contribution in [3.8, 4) is 0 Å². The Bertz CT molecular complexity index is 1450. The first-order valence-corrected chi connectivity index (χ1v) is 22.4. The third kappa shape index (κ3) is 24.9. The molecule has 0 radical (unpaired) electrons. The first-order valence-electron chi connectivity index (χ1n) is 22.4. The Morgan fingerprint density at radius 1 is 0.381 bits per heavy atom. The van der Waals surface area contributed by atoms with Crippen LogP contribution >= 0.6 is 0 Å². The second-order valence-corrected chi connectivity index (χ2v) is 14.8. The summed E-state index contributed by atoms with van der Waals surface area (Å²) in [5, 5.41) is 7.78. The first-order chi connectivity index (χ1) is 30.1. The fourth-order valence-electron chi connectivity index (χ4n) is 6.39. The maximum atomic E-state index is 13.3. The number of Topliss-reactive ketones (excluding diaryl/α,β-unsaturated/α-hetero) is 2. The van der Waals surface area contributed by atoms with Gasteiger partial charge in [-0.1, -0.05) is 51.4 Å². The van der Waals surface area contributed by atoms with E-state index in [1.165, 1.54) is 18.7 Å². The predicted molar refractivity (Wildman–Crippen MR) is 228 cm³/mol. The summed E-state index contributed by atoms with van der Waals surface area (Å²) in [7, 11) is 0. The number of imide groups is 1. The van der Waals surface area contributed by atoms with Gasteiger partial charge in [0.05, 0.1) is 26.4 Å². The molecule has 0 atom stereocenters. The average molecular weight is 897 g/mol. The van der Waals surface area contributed by atoms with Gasteiger partial charge in [0.1, 0.15) is 11.6 Å². The van der Waals surface area contributed by atoms with Crippen molar-refractivity contribution in [3.05, 3.63) is 0 Å². The maximum Gasteiger partial charge on any atom is 0.330 e. The molecule has 19 heteroatoms. The van der Waals surface area contributed by atoms with Crippen molar-refractivity contribution >= 4 is 65.0 Å². The summed E-state index contributed by atoms with van der Waals surface area (Å²) in [6, 6.07) is 0. The Balaban J connectivity index is 5.04. The molecule has 0 aromatic carbocycles. The molecule has 358 valence electrons. The number of esters is 4. The molecule has 0 saturated carbocycles. The standard InChI is InChI=1S/C44H72N4O15/c1-7-60-41(56)36(42(57)61-8-2)39(54)46-28-22-16-12-14-20-26-34(52)48(33(51)25-19-13-11-15-21-27-45-38(53)35(31(5)49)32(6)50)30-24-18-17-23-29-47-40(55)37(43(58)62-9-3)44(59)63-10-4/h35-37H,7-30H2,1-6H3,(H,45,53)(H,46,54)(H,47,55). The summed E-state index contributed by atoms with van der Waals surface area (Å²) < 4.78 is 19.4. The van der Waals surface area contributed by atoms with Crippen LogP contribution in [0.25, 0.3) is 0 Å². The van der Waals surface area contributed by atoms with E-state index in [9.17, 15) is 52.7 Å². The van der Waals surface area contributed by atoms with Gasteiger partial charge in [0.15, 0.2) is 5.92 Å². The molecule has 0 saturated heterocycles. The average Bonchev–Trinajstić information content (AvgIpc) is 3.21. The SMILES string of the molecule is CCOC(=O)C(C(=O)NCCCCCCCC(=O)N(CCCCCCNC(=O)C(C(=O)OCC)C(=O)OCC)C(=O)CCCCCCCNC(=O)C(C(C)=O)C(C)=O)C(=O)OCC. The van der Waals surface area contributed by atoms with Crippen LogP contribution in [0.5, 0.6) is 0 Å². The molecule has 3 N–H and O–H groups in total. The Morgan fingerprint density at radius 2 is 0.651 bits per heavy atom. The molecule has 0 unspecified atom stereocenters. The van der Waals surface area contributed by atoms with Crippen molar-refractivity contribution in [2.75, 3.05) is 52.6 Å². The lowest BCUT2D eigenvalue weighted by molar-refractivity contribution is -0.167. The largest absolute Gasteiger partial charge is 0.465 e. The van der Waals surface area contributed by atoms with Crippen molar-refractivity contribution in [1.82, 2.24) is 20.9 Å². The minimum Gasteiger partial charge on any atom is -0.465 e. The van der Waals surface area contributed by atoms with Crippen molar-refractivity contribution in [2.45, 2.75) is 144 Å². The normalized spacial score (nSPS) is 10.8. The van der Waals surface area contributed by atoms with Gasteiger partial charge in [-0.15, -0.1) is 0 Å². The van der Waals surface area contributed by atoms with E-state index in [2.05, 4.69) is 16.0 Å². The number of ketones is 2. The zero-order chi connectivity index (χ0) is 47.6. The van der Waals surface area contributed by atoms with E-state index in [0.29, 0.717) is 70.8 Å². The highest BCUT2D eigenvalue weighted by atomic mass is 16.6. The van der Waals surface area contributed by atoms with Crippen LogP contribution in [-0.4, -0.2) is 122 Å². The zero-order valence-corrected chi connectivity index (χ0v) is 38.3. The molecule has 0 bridgehead atoms. The number of ether oxygens (including phenoxy) is 4. The molecule has 19 nitrogen and oxygen atoms in total. The van der Waals surface area contributed by atoms with Crippen LogP contribution in [0, 0.1) is 17.8 Å². The van der Waals surface area contributed by atoms with Gasteiger partial charge in [-0.25, -0.2) is 0 Å². The Hall–Kier alpha value is -5.23. The number of hydrogen-bond acceptors (Lipinski definition) is 15. The molecule has 63 heavy (non-hydrogen) atoms. The number of unbranched alkanes of at least 4 members (excludes halogenated alkanes) is 11. The first kappa shape index (κ1) is 57.8. The lowest BCUT2D eigenvalue weighted by Gasteiger charge is -2.21. The Kier molecular flexibility index (Phi) is 32.3. The van der Waals surface area contributed by atoms with Gasteiger partial charge in [0.2, 0.25) is 41.4 Å². The molecule has 0 rings (SSSR count). The molecule has 0 aliphatic heterocycles. The number of nitrogens with zero attached hydrogens (tertiary/aromatic N) is 1. The van der Waals surface area contributed by atoms with Gasteiger partial charge in [-0.3, -0.25) is 57.6 Å². The van der Waals surface area contributed by atoms with Crippen LogP contribution in [0.3, 0.4) is 0 Å². The van der Waals surface area contributed by atoms with Crippen LogP contribution in [0.1, 0.15) is 144 Å². The molecule has 0 aliphatic rings. The molecular weight excluding hydrogens is 824 g/mol. The molecule has 5 amide bonds. The summed E-state index contributed by atoms with van der Waals surface area (Å²) in [6.07, 6.45) is 9.34. The highest BCUT2D eigenvalue weighted by molar-refractivity contribution is 6.17. The summed E-state index contributed by atoms with van der Waals surface area (Å²) in [4.78, 5) is 137. The van der Waals surface area contributed by atoms with E-state index in [1.807, 2.05) is 0 Å². The minimum atomic E-state index is -1.72. The Morgan fingerprint density at radius 3 is 0.952 bits per heavy atom. The van der Waals surface area contributed by atoms with Crippen LogP contribution in [0.4, 0.5) is 0 Å². The lowest BCUT2D eigenvalue weighted by atomic mass is 10.00. The summed E-state index contributed by atoms with van der Waals surface area (Å²) in [5.41, 5.74) is 0. The smallest absolute Gasteiger partial charge is 0.330 e. The Labute approximate surface area is 371 Å². The summed E-state index contributed by atoms with van der Waals surface area (Å²) in [6.45, 7) is 9.59. The quantitative estimate of drug-likeness (QED) is 0.0353. The van der Waals surface area contributed by atoms with E-state index in [4.69, 9.17) is 18.9 Å². The lowest BCUT2D eigenvalue weighted by Crippen LogP contribution is -2.42. The van der Waals surface area contributed by atoms with Gasteiger partial charge in [-0.2, -0.15) is 0 Å². The van der Waals surface area contributed by atoms with E-state index >= 15 is 0 Å². The number of carbonyl (C=O) groups is 11. The third-order valence-corrected chi connectivity index (χ3v) is 9.63. The summed E-state index contributed by atoms with van der Waals surface area (Å²) >= 11 is 0. The van der Waals surface area contributed by atoms with Gasteiger partial charge in [0.25, 0.3) is 0 Å². The number of nitrogens with one attached hydrogen (secondary N) is 3. The van der Waals surface area contributed by atoms with E-state index in [1.54, 1.807) is 27.7 Å². The van der Waals surface area contributed by atoms with E-state index in [-0.39, 0.29) is 70.7 Å². The van der Waals surface area contributed by atoms with Gasteiger partial charge >= 0.3 is 23.9 Å². The second kappa shape index (κ2) is 35.3. The highest BCUT2D eigenvalue weighted by Gasteiger charge is 2.38. The molecule has 0 aromatic rings. The zero-order valence-electron chi connectivity index (χ0n) is 38.3. The molecule has 0 heterocycles. The molecule has 0 aliphatic carbocycles. The predicted octanol–water partition coefficient (Wildman–Crippen LogP) is 3.21. The van der Waals surface area contributed by atoms with Crippen LogP contribution in [-0.2, 0) is 71.7 Å². The van der Waals surface area contributed by atoms with Crippen molar-refractivity contribution in [2.24, 2.45) is 17.8 Å². The van der Waals surface area contributed by atoms with E-state index < -0.39 is 70.9 Å². The van der Waals surface area contributed by atoms with Crippen LogP contribution in [0.2, 0.25) is 0 Å². The minimum absolute atomic E-state index is 0.00462. The highest BCUT2D eigenvalue weighted by Crippen LogP contribution is 2.14.